The van der Waals surface area contributed by atoms with Gasteiger partial charge in [-0.05, 0) is 63.3 Å². The summed E-state index contributed by atoms with van der Waals surface area (Å²) in [7, 11) is 1.65. The van der Waals surface area contributed by atoms with Gasteiger partial charge in [0.15, 0.2) is 0 Å². The number of carbonyl (C=O) groups excluding carboxylic acids is 1. The molecule has 1 unspecified atom stereocenters. The number of carbonyl (C=O) groups is 2. The van der Waals surface area contributed by atoms with Gasteiger partial charge in [0.05, 0.1) is 23.5 Å². The maximum atomic E-state index is 12.1. The fourth-order valence-electron chi connectivity index (χ4n) is 3.45. The Hall–Kier alpha value is -3.68. The normalized spacial score (nSPS) is 13.0. The monoisotopic (exact) mass is 480 g/mol. The smallest absolute Gasteiger partial charge is 0.410 e. The number of carboxylic acid groups (broad SMARTS) is 1. The number of aliphatic carboxylic acids is 1. The predicted molar refractivity (Wildman–Crippen MR) is 139 cm³/mol. The molecule has 0 bridgehead atoms. The van der Waals surface area contributed by atoms with Crippen LogP contribution in [0.5, 0.6) is 0 Å². The van der Waals surface area contributed by atoms with Crippen LogP contribution in [0.3, 0.4) is 0 Å². The van der Waals surface area contributed by atoms with Crippen molar-refractivity contribution in [2.75, 3.05) is 13.6 Å². The molecule has 0 radical (unpaired) electrons. The molecule has 0 spiro atoms. The quantitative estimate of drug-likeness (QED) is 0.271. The third kappa shape index (κ3) is 10.4. The number of aliphatic imine (C=N–C) groups is 1. The standard InChI is InChI=1S/C27H36N4O4/c1-27(2,3)35-26(34)31(4)15-9-13-22(25(32)33)16-21-12-8-14-23(18-21)29-19-24(30-28)17-20-10-6-5-7-11-20/h5-8,10-12,14,18-19,22H,9,13,15-17,28H2,1-4H3,(H,32,33). The van der Waals surface area contributed by atoms with Crippen LogP contribution >= 0.6 is 0 Å². The van der Waals surface area contributed by atoms with Crippen LogP contribution in [0.2, 0.25) is 0 Å². The van der Waals surface area contributed by atoms with Crippen molar-refractivity contribution >= 4 is 29.7 Å². The molecule has 3 N–H and O–H groups in total. The predicted octanol–water partition coefficient (Wildman–Crippen LogP) is 4.84. The molecule has 0 fully saturated rings. The van der Waals surface area contributed by atoms with Crippen molar-refractivity contribution in [2.45, 2.75) is 52.1 Å². The average Bonchev–Trinajstić information content (AvgIpc) is 2.80. The van der Waals surface area contributed by atoms with Gasteiger partial charge in [0, 0.05) is 20.0 Å². The first-order chi connectivity index (χ1) is 16.6. The zero-order valence-corrected chi connectivity index (χ0v) is 21.0. The first-order valence-corrected chi connectivity index (χ1v) is 11.7. The summed E-state index contributed by atoms with van der Waals surface area (Å²) in [5.74, 6) is 4.10. The Bertz CT molecular complexity index is 1030. The van der Waals surface area contributed by atoms with Gasteiger partial charge in [0.25, 0.3) is 0 Å². The highest BCUT2D eigenvalue weighted by Crippen LogP contribution is 2.20. The molecule has 2 aromatic rings. The number of carboxylic acids is 1. The van der Waals surface area contributed by atoms with E-state index in [1.54, 1.807) is 13.3 Å². The van der Waals surface area contributed by atoms with Crippen molar-refractivity contribution in [1.82, 2.24) is 4.90 Å². The lowest BCUT2D eigenvalue weighted by Crippen LogP contribution is -2.35. The molecule has 1 amide bonds. The van der Waals surface area contributed by atoms with E-state index in [2.05, 4.69) is 10.1 Å². The maximum absolute atomic E-state index is 12.1. The summed E-state index contributed by atoms with van der Waals surface area (Å²) in [4.78, 5) is 29.9. The second-order valence-corrected chi connectivity index (χ2v) is 9.49. The molecular formula is C27H36N4O4. The van der Waals surface area contributed by atoms with E-state index in [1.165, 1.54) is 4.90 Å². The topological polar surface area (TPSA) is 118 Å². The van der Waals surface area contributed by atoms with Gasteiger partial charge in [0.2, 0.25) is 0 Å². The first-order valence-electron chi connectivity index (χ1n) is 11.7. The van der Waals surface area contributed by atoms with E-state index in [4.69, 9.17) is 10.6 Å². The van der Waals surface area contributed by atoms with Crippen molar-refractivity contribution in [3.63, 3.8) is 0 Å². The van der Waals surface area contributed by atoms with Gasteiger partial charge in [0.1, 0.15) is 5.60 Å². The van der Waals surface area contributed by atoms with Crippen molar-refractivity contribution in [1.29, 1.82) is 0 Å². The van der Waals surface area contributed by atoms with Gasteiger partial charge in [-0.1, -0.05) is 42.5 Å². The van der Waals surface area contributed by atoms with Crippen molar-refractivity contribution in [3.8, 4) is 0 Å². The van der Waals surface area contributed by atoms with Gasteiger partial charge in [-0.3, -0.25) is 9.79 Å². The molecule has 0 heterocycles. The molecular weight excluding hydrogens is 444 g/mol. The van der Waals surface area contributed by atoms with Gasteiger partial charge in [-0.25, -0.2) is 4.79 Å². The SMILES string of the molecule is CN(CCCC(Cc1cccc(N=CC(Cc2ccccc2)=NN)c1)C(=O)O)C(=O)OC(C)(C)C. The fraction of sp³-hybridized carbons (Fsp3) is 0.407. The minimum atomic E-state index is -0.862. The summed E-state index contributed by atoms with van der Waals surface area (Å²) in [6, 6.07) is 17.3. The van der Waals surface area contributed by atoms with Crippen LogP contribution in [0, 0.1) is 5.92 Å². The minimum Gasteiger partial charge on any atom is -0.481 e. The van der Waals surface area contributed by atoms with Crippen LogP contribution in [0.15, 0.2) is 64.7 Å². The number of nitrogens with zero attached hydrogens (tertiary/aromatic N) is 3. The number of rotatable bonds is 11. The lowest BCUT2D eigenvalue weighted by atomic mass is 9.94. The van der Waals surface area contributed by atoms with Crippen LogP contribution in [0.4, 0.5) is 10.5 Å². The summed E-state index contributed by atoms with van der Waals surface area (Å²) in [6.07, 6.45) is 3.16. The molecule has 8 heteroatoms. The molecule has 35 heavy (non-hydrogen) atoms. The lowest BCUT2D eigenvalue weighted by Gasteiger charge is -2.25. The number of amides is 1. The largest absolute Gasteiger partial charge is 0.481 e. The third-order valence-electron chi connectivity index (χ3n) is 5.25. The number of hydrogen-bond donors (Lipinski definition) is 2. The van der Waals surface area contributed by atoms with Crippen molar-refractivity contribution in [3.05, 3.63) is 65.7 Å². The zero-order valence-electron chi connectivity index (χ0n) is 21.0. The summed E-state index contributed by atoms with van der Waals surface area (Å²) >= 11 is 0. The summed E-state index contributed by atoms with van der Waals surface area (Å²) < 4.78 is 5.34. The Morgan fingerprint density at radius 2 is 1.80 bits per heavy atom. The highest BCUT2D eigenvalue weighted by atomic mass is 16.6. The number of hydrazone groups is 1. The molecule has 0 saturated heterocycles. The molecule has 0 aliphatic rings. The summed E-state index contributed by atoms with van der Waals surface area (Å²) in [5, 5.41) is 13.5. The molecule has 0 aliphatic heterocycles. The Balaban J connectivity index is 1.95. The highest BCUT2D eigenvalue weighted by molar-refractivity contribution is 6.31. The van der Waals surface area contributed by atoms with Crippen LogP contribution in [-0.4, -0.2) is 53.2 Å². The minimum absolute atomic E-state index is 0.372. The highest BCUT2D eigenvalue weighted by Gasteiger charge is 2.21. The average molecular weight is 481 g/mol. The molecule has 2 aromatic carbocycles. The van der Waals surface area contributed by atoms with Gasteiger partial charge >= 0.3 is 12.1 Å². The third-order valence-corrected chi connectivity index (χ3v) is 5.25. The van der Waals surface area contributed by atoms with Crippen LogP contribution in [0.1, 0.15) is 44.7 Å². The molecule has 8 nitrogen and oxygen atoms in total. The van der Waals surface area contributed by atoms with E-state index < -0.39 is 23.6 Å². The van der Waals surface area contributed by atoms with Crippen molar-refractivity contribution < 1.29 is 19.4 Å². The molecule has 1 atom stereocenters. The summed E-state index contributed by atoms with van der Waals surface area (Å²) in [5.41, 5.74) is 2.73. The number of hydrogen-bond acceptors (Lipinski definition) is 6. The summed E-state index contributed by atoms with van der Waals surface area (Å²) in [6.45, 7) is 5.85. The van der Waals surface area contributed by atoms with E-state index in [9.17, 15) is 14.7 Å². The van der Waals surface area contributed by atoms with E-state index >= 15 is 0 Å². The van der Waals surface area contributed by atoms with Gasteiger partial charge < -0.3 is 20.6 Å². The molecule has 188 valence electrons. The molecule has 2 rings (SSSR count). The Kier molecular flexibility index (Phi) is 10.5. The second kappa shape index (κ2) is 13.3. The Morgan fingerprint density at radius 3 is 2.43 bits per heavy atom. The molecule has 0 aromatic heterocycles. The van der Waals surface area contributed by atoms with Gasteiger partial charge in [-0.15, -0.1) is 0 Å². The van der Waals surface area contributed by atoms with E-state index in [0.717, 1.165) is 11.1 Å². The van der Waals surface area contributed by atoms with Crippen LogP contribution in [-0.2, 0) is 22.4 Å². The Morgan fingerprint density at radius 1 is 1.11 bits per heavy atom. The van der Waals surface area contributed by atoms with Crippen LogP contribution < -0.4 is 5.84 Å². The molecule has 0 aliphatic carbocycles. The Labute approximate surface area is 207 Å². The lowest BCUT2D eigenvalue weighted by molar-refractivity contribution is -0.142. The van der Waals surface area contributed by atoms with E-state index in [1.807, 2.05) is 75.4 Å². The second-order valence-electron chi connectivity index (χ2n) is 9.49. The number of benzene rings is 2. The fourth-order valence-corrected chi connectivity index (χ4v) is 3.45. The number of nitrogens with two attached hydrogens (primary N) is 1. The number of ether oxygens (including phenoxy) is 1. The molecule has 0 saturated carbocycles. The van der Waals surface area contributed by atoms with E-state index in [-0.39, 0.29) is 0 Å². The van der Waals surface area contributed by atoms with Crippen molar-refractivity contribution in [2.24, 2.45) is 21.9 Å². The van der Waals surface area contributed by atoms with E-state index in [0.29, 0.717) is 43.6 Å². The zero-order chi connectivity index (χ0) is 25.8. The van der Waals surface area contributed by atoms with Gasteiger partial charge in [-0.2, -0.15) is 5.10 Å². The van der Waals surface area contributed by atoms with Crippen LogP contribution in [0.25, 0.3) is 0 Å². The first kappa shape index (κ1) is 27.6. The maximum Gasteiger partial charge on any atom is 0.410 e.